The van der Waals surface area contributed by atoms with Gasteiger partial charge in [-0.2, -0.15) is 0 Å². The molecule has 6 heteroatoms. The molecule has 2 fully saturated rings. The molecule has 0 aromatic carbocycles. The Hall–Kier alpha value is -1.46. The first-order chi connectivity index (χ1) is 9.70. The number of carboxylic acids is 1. The van der Waals surface area contributed by atoms with Crippen LogP contribution in [0.3, 0.4) is 0 Å². The van der Waals surface area contributed by atoms with Crippen LogP contribution >= 0.6 is 0 Å². The van der Waals surface area contributed by atoms with Gasteiger partial charge < -0.3 is 5.11 Å². The first kappa shape index (κ1) is 13.5. The normalized spacial score (nSPS) is 21.8. The number of carboxylic acid groups (broad SMARTS) is 1. The quantitative estimate of drug-likeness (QED) is 0.861. The average molecular weight is 278 g/mol. The average Bonchev–Trinajstić information content (AvgIpc) is 3.02. The van der Waals surface area contributed by atoms with Gasteiger partial charge >= 0.3 is 5.97 Å². The molecule has 3 rings (SSSR count). The summed E-state index contributed by atoms with van der Waals surface area (Å²) in [5.41, 5.74) is -0.627. The van der Waals surface area contributed by atoms with Crippen LogP contribution in [0.2, 0.25) is 0 Å². The fourth-order valence-corrected chi connectivity index (χ4v) is 3.49. The molecule has 110 valence electrons. The van der Waals surface area contributed by atoms with E-state index in [1.165, 1.54) is 25.7 Å². The molecule has 0 spiro atoms. The van der Waals surface area contributed by atoms with Gasteiger partial charge in [-0.1, -0.05) is 32.1 Å². The van der Waals surface area contributed by atoms with Crippen molar-refractivity contribution in [2.75, 3.05) is 0 Å². The fourth-order valence-electron chi connectivity index (χ4n) is 3.49. The number of hydrogen-bond acceptors (Lipinski definition) is 4. The highest BCUT2D eigenvalue weighted by molar-refractivity contribution is 5.75. The van der Waals surface area contributed by atoms with Gasteiger partial charge in [-0.05, 0) is 35.6 Å². The van der Waals surface area contributed by atoms with Crippen LogP contribution in [0.4, 0.5) is 0 Å². The highest BCUT2D eigenvalue weighted by Crippen LogP contribution is 2.42. The summed E-state index contributed by atoms with van der Waals surface area (Å²) in [4.78, 5) is 11.4. The predicted molar refractivity (Wildman–Crippen MR) is 72.0 cm³/mol. The number of hydrogen-bond donors (Lipinski definition) is 1. The molecule has 1 heterocycles. The molecule has 0 unspecified atom stereocenters. The molecule has 1 aromatic heterocycles. The Kier molecular flexibility index (Phi) is 3.72. The lowest BCUT2D eigenvalue weighted by molar-refractivity contribution is -0.156. The van der Waals surface area contributed by atoms with Crippen molar-refractivity contribution in [3.63, 3.8) is 0 Å². The lowest BCUT2D eigenvalue weighted by Gasteiger charge is -2.37. The van der Waals surface area contributed by atoms with E-state index in [0.717, 1.165) is 43.8 Å². The molecule has 0 saturated heterocycles. The smallest absolute Gasteiger partial charge is 0.311 e. The minimum absolute atomic E-state index is 0.426. The Labute approximate surface area is 118 Å². The Balaban J connectivity index is 1.62. The molecule has 0 aliphatic heterocycles. The zero-order valence-electron chi connectivity index (χ0n) is 11.8. The topological polar surface area (TPSA) is 80.9 Å². The van der Waals surface area contributed by atoms with E-state index in [0.29, 0.717) is 6.54 Å². The van der Waals surface area contributed by atoms with E-state index in [4.69, 9.17) is 0 Å². The Morgan fingerprint density at radius 2 is 2.05 bits per heavy atom. The summed E-state index contributed by atoms with van der Waals surface area (Å²) in [5, 5.41) is 21.2. The van der Waals surface area contributed by atoms with Crippen LogP contribution in [0.5, 0.6) is 0 Å². The molecular weight excluding hydrogens is 256 g/mol. The largest absolute Gasteiger partial charge is 0.481 e. The number of carbonyl (C=O) groups is 1. The summed E-state index contributed by atoms with van der Waals surface area (Å²) < 4.78 is 1.72. The molecule has 0 radical (unpaired) electrons. The SMILES string of the molecule is O=C(O)C1(Cn2nnnc2CCC2CCCC2)CCC1. The maximum Gasteiger partial charge on any atom is 0.311 e. The van der Waals surface area contributed by atoms with Crippen molar-refractivity contribution in [3.05, 3.63) is 5.82 Å². The van der Waals surface area contributed by atoms with Gasteiger partial charge in [0.15, 0.2) is 5.82 Å². The van der Waals surface area contributed by atoms with Gasteiger partial charge in [-0.15, -0.1) is 5.10 Å². The van der Waals surface area contributed by atoms with Gasteiger partial charge in [0, 0.05) is 6.42 Å². The van der Waals surface area contributed by atoms with Gasteiger partial charge in [0.05, 0.1) is 12.0 Å². The second kappa shape index (κ2) is 5.50. The number of rotatable bonds is 6. The molecule has 20 heavy (non-hydrogen) atoms. The molecule has 6 nitrogen and oxygen atoms in total. The molecule has 2 saturated carbocycles. The number of nitrogens with zero attached hydrogens (tertiary/aromatic N) is 4. The van der Waals surface area contributed by atoms with Crippen molar-refractivity contribution < 1.29 is 9.90 Å². The van der Waals surface area contributed by atoms with Crippen molar-refractivity contribution in [2.45, 2.75) is 64.3 Å². The minimum Gasteiger partial charge on any atom is -0.481 e. The highest BCUT2D eigenvalue weighted by Gasteiger charge is 2.45. The maximum atomic E-state index is 11.4. The monoisotopic (exact) mass is 278 g/mol. The van der Waals surface area contributed by atoms with E-state index in [9.17, 15) is 9.90 Å². The molecule has 1 aromatic rings. The molecule has 0 bridgehead atoms. The number of aromatic nitrogens is 4. The van der Waals surface area contributed by atoms with Gasteiger partial charge in [0.25, 0.3) is 0 Å². The molecule has 0 atom stereocenters. The van der Waals surface area contributed by atoms with Crippen LogP contribution in [0, 0.1) is 11.3 Å². The summed E-state index contributed by atoms with van der Waals surface area (Å²) in [5.74, 6) is 0.947. The van der Waals surface area contributed by atoms with Crippen molar-refractivity contribution in [3.8, 4) is 0 Å². The van der Waals surface area contributed by atoms with Gasteiger partial charge in [-0.3, -0.25) is 4.79 Å². The molecule has 2 aliphatic rings. The molecule has 2 aliphatic carbocycles. The highest BCUT2D eigenvalue weighted by atomic mass is 16.4. The van der Waals surface area contributed by atoms with E-state index >= 15 is 0 Å². The first-order valence-electron chi connectivity index (χ1n) is 7.68. The Bertz CT molecular complexity index is 475. The second-order valence-corrected chi connectivity index (χ2v) is 6.38. The molecular formula is C14H22N4O2. The fraction of sp³-hybridized carbons (Fsp3) is 0.857. The molecule has 0 amide bonds. The lowest BCUT2D eigenvalue weighted by Crippen LogP contribution is -2.42. The summed E-state index contributed by atoms with van der Waals surface area (Å²) in [6.07, 6.45) is 9.80. The second-order valence-electron chi connectivity index (χ2n) is 6.38. The zero-order valence-corrected chi connectivity index (χ0v) is 11.8. The number of aliphatic carboxylic acids is 1. The predicted octanol–water partition coefficient (Wildman–Crippen LogP) is 2.05. The third-order valence-corrected chi connectivity index (χ3v) is 5.07. The van der Waals surface area contributed by atoms with Crippen LogP contribution in [0.1, 0.15) is 57.2 Å². The van der Waals surface area contributed by atoms with Gasteiger partial charge in [0.1, 0.15) is 0 Å². The van der Waals surface area contributed by atoms with E-state index in [1.54, 1.807) is 4.68 Å². The van der Waals surface area contributed by atoms with Crippen LogP contribution in [0.15, 0.2) is 0 Å². The summed E-state index contributed by atoms with van der Waals surface area (Å²) in [6.45, 7) is 0.426. The lowest BCUT2D eigenvalue weighted by atomic mass is 9.69. The third kappa shape index (κ3) is 2.55. The summed E-state index contributed by atoms with van der Waals surface area (Å²) in [6, 6.07) is 0. The van der Waals surface area contributed by atoms with E-state index in [-0.39, 0.29) is 0 Å². The van der Waals surface area contributed by atoms with Crippen LogP contribution in [0.25, 0.3) is 0 Å². The Morgan fingerprint density at radius 1 is 1.30 bits per heavy atom. The van der Waals surface area contributed by atoms with Crippen molar-refractivity contribution in [1.29, 1.82) is 0 Å². The summed E-state index contributed by atoms with van der Waals surface area (Å²) in [7, 11) is 0. The first-order valence-corrected chi connectivity index (χ1v) is 7.68. The standard InChI is InChI=1S/C14H22N4O2/c19-13(20)14(8-3-9-14)10-18-12(15-16-17-18)7-6-11-4-1-2-5-11/h11H,1-10H2,(H,19,20). The zero-order chi connectivity index (χ0) is 14.0. The van der Waals surface area contributed by atoms with E-state index in [1.807, 2.05) is 0 Å². The third-order valence-electron chi connectivity index (χ3n) is 5.07. The van der Waals surface area contributed by atoms with Crippen LogP contribution in [-0.4, -0.2) is 31.3 Å². The number of aryl methyl sites for hydroxylation is 1. The molecule has 1 N–H and O–H groups in total. The van der Waals surface area contributed by atoms with Crippen molar-refractivity contribution in [1.82, 2.24) is 20.2 Å². The van der Waals surface area contributed by atoms with Crippen molar-refractivity contribution in [2.24, 2.45) is 11.3 Å². The summed E-state index contributed by atoms with van der Waals surface area (Å²) >= 11 is 0. The minimum atomic E-state index is -0.707. The van der Waals surface area contributed by atoms with Crippen molar-refractivity contribution >= 4 is 5.97 Å². The van der Waals surface area contributed by atoms with Gasteiger partial charge in [0.2, 0.25) is 0 Å². The van der Waals surface area contributed by atoms with Gasteiger partial charge in [-0.25, -0.2) is 4.68 Å². The van der Waals surface area contributed by atoms with Crippen LogP contribution < -0.4 is 0 Å². The number of tetrazole rings is 1. The Morgan fingerprint density at radius 3 is 2.65 bits per heavy atom. The van der Waals surface area contributed by atoms with E-state index in [2.05, 4.69) is 15.5 Å². The maximum absolute atomic E-state index is 11.4. The van der Waals surface area contributed by atoms with Crippen LogP contribution in [-0.2, 0) is 17.8 Å². The van der Waals surface area contributed by atoms with E-state index < -0.39 is 11.4 Å².